The van der Waals surface area contributed by atoms with Gasteiger partial charge >= 0.3 is 5.97 Å². The molecule has 1 heterocycles. The lowest BCUT2D eigenvalue weighted by molar-refractivity contribution is -0.138. The lowest BCUT2D eigenvalue weighted by Gasteiger charge is -2.18. The van der Waals surface area contributed by atoms with Gasteiger partial charge in [0.15, 0.2) is 0 Å². The van der Waals surface area contributed by atoms with Crippen LogP contribution in [0.25, 0.3) is 0 Å². The SMILES string of the molecule is O=C(O)CNC(=O)C1C=CC(Oc2ccccc2)=CN1. The fourth-order valence-electron chi connectivity index (χ4n) is 1.59. The molecule has 6 nitrogen and oxygen atoms in total. The van der Waals surface area contributed by atoms with E-state index in [1.807, 2.05) is 30.3 Å². The molecule has 0 spiro atoms. The van der Waals surface area contributed by atoms with Gasteiger partial charge < -0.3 is 20.5 Å². The van der Waals surface area contributed by atoms with Gasteiger partial charge in [-0.1, -0.05) is 18.2 Å². The number of carbonyl (C=O) groups excluding carboxylic acids is 1. The summed E-state index contributed by atoms with van der Waals surface area (Å²) in [6.07, 6.45) is 4.84. The predicted octanol–water partition coefficient (Wildman–Crippen LogP) is 0.636. The van der Waals surface area contributed by atoms with Gasteiger partial charge in [-0.05, 0) is 24.3 Å². The summed E-state index contributed by atoms with van der Waals surface area (Å²) < 4.78 is 5.57. The highest BCUT2D eigenvalue weighted by Crippen LogP contribution is 2.14. The van der Waals surface area contributed by atoms with Crippen molar-refractivity contribution in [1.29, 1.82) is 0 Å². The third-order valence-electron chi connectivity index (χ3n) is 2.53. The highest BCUT2D eigenvalue weighted by molar-refractivity contribution is 5.87. The van der Waals surface area contributed by atoms with Crippen LogP contribution in [0.4, 0.5) is 0 Å². The molecule has 0 aromatic heterocycles. The molecule has 1 aliphatic heterocycles. The molecule has 0 bridgehead atoms. The van der Waals surface area contributed by atoms with Gasteiger partial charge in [0.2, 0.25) is 5.91 Å². The number of benzene rings is 1. The lowest BCUT2D eigenvalue weighted by atomic mass is 10.2. The molecule has 1 aromatic rings. The number of aliphatic carboxylic acids is 1. The maximum absolute atomic E-state index is 11.6. The Bertz CT molecular complexity index is 552. The average molecular weight is 274 g/mol. The van der Waals surface area contributed by atoms with Gasteiger partial charge in [0.25, 0.3) is 0 Å². The number of allylic oxidation sites excluding steroid dienone is 1. The zero-order valence-electron chi connectivity index (χ0n) is 10.6. The highest BCUT2D eigenvalue weighted by Gasteiger charge is 2.17. The van der Waals surface area contributed by atoms with E-state index in [-0.39, 0.29) is 0 Å². The van der Waals surface area contributed by atoms with E-state index in [2.05, 4.69) is 10.6 Å². The molecule has 1 amide bonds. The van der Waals surface area contributed by atoms with Crippen molar-refractivity contribution in [3.63, 3.8) is 0 Å². The smallest absolute Gasteiger partial charge is 0.322 e. The van der Waals surface area contributed by atoms with Gasteiger partial charge in [0.05, 0.1) is 0 Å². The first kappa shape index (κ1) is 13.7. The van der Waals surface area contributed by atoms with Crippen molar-refractivity contribution in [2.45, 2.75) is 6.04 Å². The van der Waals surface area contributed by atoms with Gasteiger partial charge in [0, 0.05) is 6.20 Å². The molecule has 1 unspecified atom stereocenters. The van der Waals surface area contributed by atoms with E-state index in [9.17, 15) is 9.59 Å². The number of ether oxygens (including phenoxy) is 1. The molecular weight excluding hydrogens is 260 g/mol. The van der Waals surface area contributed by atoms with Crippen molar-refractivity contribution >= 4 is 11.9 Å². The topological polar surface area (TPSA) is 87.7 Å². The quantitative estimate of drug-likeness (QED) is 0.733. The molecule has 0 saturated heterocycles. The van der Waals surface area contributed by atoms with Crippen LogP contribution in [-0.2, 0) is 9.59 Å². The Morgan fingerprint density at radius 2 is 2.05 bits per heavy atom. The maximum atomic E-state index is 11.6. The molecule has 1 aliphatic rings. The summed E-state index contributed by atoms with van der Waals surface area (Å²) in [5, 5.41) is 13.6. The molecular formula is C14H14N2O4. The predicted molar refractivity (Wildman–Crippen MR) is 71.9 cm³/mol. The molecule has 0 fully saturated rings. The Labute approximate surface area is 115 Å². The highest BCUT2D eigenvalue weighted by atomic mass is 16.5. The van der Waals surface area contributed by atoms with Crippen molar-refractivity contribution in [3.05, 3.63) is 54.4 Å². The number of carboxylic acid groups (broad SMARTS) is 1. The number of dihydropyridines is 1. The molecule has 6 heteroatoms. The molecule has 3 N–H and O–H groups in total. The van der Waals surface area contributed by atoms with Gasteiger partial charge in [-0.25, -0.2) is 0 Å². The molecule has 20 heavy (non-hydrogen) atoms. The van der Waals surface area contributed by atoms with E-state index < -0.39 is 24.5 Å². The van der Waals surface area contributed by atoms with Gasteiger partial charge in [-0.15, -0.1) is 0 Å². The number of carbonyl (C=O) groups is 2. The zero-order valence-corrected chi connectivity index (χ0v) is 10.6. The van der Waals surface area contributed by atoms with Crippen LogP contribution in [0.5, 0.6) is 5.75 Å². The molecule has 0 aliphatic carbocycles. The maximum Gasteiger partial charge on any atom is 0.322 e. The minimum absolute atomic E-state index is 0.401. The monoisotopic (exact) mass is 274 g/mol. The van der Waals surface area contributed by atoms with Crippen molar-refractivity contribution in [2.24, 2.45) is 0 Å². The van der Waals surface area contributed by atoms with Crippen molar-refractivity contribution in [3.8, 4) is 5.75 Å². The van der Waals surface area contributed by atoms with Gasteiger partial charge in [-0.3, -0.25) is 9.59 Å². The third-order valence-corrected chi connectivity index (χ3v) is 2.53. The summed E-state index contributed by atoms with van der Waals surface area (Å²) in [5.74, 6) is -0.224. The van der Waals surface area contributed by atoms with E-state index >= 15 is 0 Å². The van der Waals surface area contributed by atoms with Gasteiger partial charge in [-0.2, -0.15) is 0 Å². The van der Waals surface area contributed by atoms with Crippen LogP contribution in [0.1, 0.15) is 0 Å². The molecule has 1 aromatic carbocycles. The van der Waals surface area contributed by atoms with E-state index in [0.29, 0.717) is 11.5 Å². The number of nitrogens with one attached hydrogen (secondary N) is 2. The van der Waals surface area contributed by atoms with Crippen LogP contribution in [0.2, 0.25) is 0 Å². The summed E-state index contributed by atoms with van der Waals surface area (Å²) in [5.41, 5.74) is 0. The molecule has 0 radical (unpaired) electrons. The second kappa shape index (κ2) is 6.42. The van der Waals surface area contributed by atoms with Crippen LogP contribution in [-0.4, -0.2) is 29.6 Å². The number of amides is 1. The minimum atomic E-state index is -1.08. The third kappa shape index (κ3) is 3.88. The number of hydrogen-bond donors (Lipinski definition) is 3. The first-order valence-electron chi connectivity index (χ1n) is 6.02. The Hall–Kier alpha value is -2.76. The Morgan fingerprint density at radius 1 is 1.30 bits per heavy atom. The van der Waals surface area contributed by atoms with E-state index in [1.165, 1.54) is 0 Å². The average Bonchev–Trinajstić information content (AvgIpc) is 2.46. The van der Waals surface area contributed by atoms with E-state index in [0.717, 1.165) is 0 Å². The fraction of sp³-hybridized carbons (Fsp3) is 0.143. The number of rotatable bonds is 5. The van der Waals surface area contributed by atoms with Crippen molar-refractivity contribution in [1.82, 2.24) is 10.6 Å². The van der Waals surface area contributed by atoms with Crippen molar-refractivity contribution < 1.29 is 19.4 Å². The van der Waals surface area contributed by atoms with Crippen LogP contribution < -0.4 is 15.4 Å². The summed E-state index contributed by atoms with van der Waals surface area (Å²) in [7, 11) is 0. The summed E-state index contributed by atoms with van der Waals surface area (Å²) >= 11 is 0. The summed E-state index contributed by atoms with van der Waals surface area (Å²) in [4.78, 5) is 22.0. The molecule has 2 rings (SSSR count). The zero-order chi connectivity index (χ0) is 14.4. The van der Waals surface area contributed by atoms with Crippen LogP contribution in [0.15, 0.2) is 54.4 Å². The lowest BCUT2D eigenvalue weighted by Crippen LogP contribution is -2.43. The number of carboxylic acids is 1. The van der Waals surface area contributed by atoms with Gasteiger partial charge in [0.1, 0.15) is 24.1 Å². The van der Waals surface area contributed by atoms with E-state index in [4.69, 9.17) is 9.84 Å². The Kier molecular flexibility index (Phi) is 4.39. The Morgan fingerprint density at radius 3 is 2.65 bits per heavy atom. The fourth-order valence-corrected chi connectivity index (χ4v) is 1.59. The van der Waals surface area contributed by atoms with Crippen LogP contribution in [0, 0.1) is 0 Å². The molecule has 0 saturated carbocycles. The molecule has 1 atom stereocenters. The van der Waals surface area contributed by atoms with Crippen LogP contribution in [0.3, 0.4) is 0 Å². The second-order valence-electron chi connectivity index (χ2n) is 4.08. The minimum Gasteiger partial charge on any atom is -0.480 e. The summed E-state index contributed by atoms with van der Waals surface area (Å²) in [6, 6.07) is 8.65. The van der Waals surface area contributed by atoms with Crippen LogP contribution >= 0.6 is 0 Å². The first-order valence-corrected chi connectivity index (χ1v) is 6.02. The second-order valence-corrected chi connectivity index (χ2v) is 4.08. The van der Waals surface area contributed by atoms with E-state index in [1.54, 1.807) is 18.4 Å². The normalized spacial score (nSPS) is 16.8. The largest absolute Gasteiger partial charge is 0.480 e. The Balaban J connectivity index is 1.86. The number of hydrogen-bond acceptors (Lipinski definition) is 4. The summed E-state index contributed by atoms with van der Waals surface area (Å²) in [6.45, 7) is -0.401. The van der Waals surface area contributed by atoms with Crippen molar-refractivity contribution in [2.75, 3.05) is 6.54 Å². The standard InChI is InChI=1S/C14H14N2O4/c17-13(18)9-16-14(19)12-7-6-11(8-15-12)20-10-4-2-1-3-5-10/h1-8,12,15H,9H2,(H,16,19)(H,17,18). The first-order chi connectivity index (χ1) is 9.65. The number of para-hydroxylation sites is 1. The molecule has 104 valence electrons.